The van der Waals surface area contributed by atoms with Crippen molar-refractivity contribution in [2.45, 2.75) is 32.2 Å². The van der Waals surface area contributed by atoms with Crippen molar-refractivity contribution in [2.75, 3.05) is 6.61 Å². The summed E-state index contributed by atoms with van der Waals surface area (Å²) in [5.41, 5.74) is 6.68. The van der Waals surface area contributed by atoms with Crippen LogP contribution < -0.4 is 10.5 Å². The van der Waals surface area contributed by atoms with Gasteiger partial charge in [0.15, 0.2) is 5.78 Å². The van der Waals surface area contributed by atoms with Crippen molar-refractivity contribution < 1.29 is 9.53 Å². The van der Waals surface area contributed by atoms with Gasteiger partial charge >= 0.3 is 0 Å². The SMILES string of the molecule is CCOc1cccc(C(=O)C2CCCC2N)c1. The highest BCUT2D eigenvalue weighted by atomic mass is 16.5. The molecule has 2 atom stereocenters. The molecule has 3 heteroatoms. The molecular weight excluding hydrogens is 214 g/mol. The van der Waals surface area contributed by atoms with Crippen molar-refractivity contribution in [1.82, 2.24) is 0 Å². The van der Waals surface area contributed by atoms with E-state index >= 15 is 0 Å². The highest BCUT2D eigenvalue weighted by Crippen LogP contribution is 2.28. The van der Waals surface area contributed by atoms with Crippen LogP contribution in [0, 0.1) is 5.92 Å². The Morgan fingerprint density at radius 1 is 1.47 bits per heavy atom. The summed E-state index contributed by atoms with van der Waals surface area (Å²) in [4.78, 5) is 12.3. The fourth-order valence-electron chi connectivity index (χ4n) is 2.43. The molecule has 2 rings (SSSR count). The molecule has 17 heavy (non-hydrogen) atoms. The second-order valence-corrected chi connectivity index (χ2v) is 4.53. The van der Waals surface area contributed by atoms with E-state index in [0.29, 0.717) is 6.61 Å². The zero-order chi connectivity index (χ0) is 12.3. The van der Waals surface area contributed by atoms with Gasteiger partial charge in [-0.1, -0.05) is 18.6 Å². The number of rotatable bonds is 4. The zero-order valence-corrected chi connectivity index (χ0v) is 10.2. The third-order valence-corrected chi connectivity index (χ3v) is 3.34. The van der Waals surface area contributed by atoms with Gasteiger partial charge in [-0.25, -0.2) is 0 Å². The predicted octanol–water partition coefficient (Wildman–Crippen LogP) is 2.40. The zero-order valence-electron chi connectivity index (χ0n) is 10.2. The van der Waals surface area contributed by atoms with Crippen molar-refractivity contribution in [3.05, 3.63) is 29.8 Å². The first-order valence-electron chi connectivity index (χ1n) is 6.25. The lowest BCUT2D eigenvalue weighted by Crippen LogP contribution is -2.30. The van der Waals surface area contributed by atoms with E-state index in [1.807, 2.05) is 31.2 Å². The first-order valence-corrected chi connectivity index (χ1v) is 6.25. The summed E-state index contributed by atoms with van der Waals surface area (Å²) in [6.45, 7) is 2.54. The van der Waals surface area contributed by atoms with Crippen molar-refractivity contribution in [3.8, 4) is 5.75 Å². The van der Waals surface area contributed by atoms with Gasteiger partial charge in [0, 0.05) is 17.5 Å². The molecule has 1 fully saturated rings. The van der Waals surface area contributed by atoms with Crippen molar-refractivity contribution in [3.63, 3.8) is 0 Å². The van der Waals surface area contributed by atoms with Crippen LogP contribution in [0.2, 0.25) is 0 Å². The molecule has 0 amide bonds. The maximum absolute atomic E-state index is 12.3. The molecule has 0 aliphatic heterocycles. The van der Waals surface area contributed by atoms with Gasteiger partial charge in [-0.05, 0) is 31.9 Å². The normalized spacial score (nSPS) is 23.6. The van der Waals surface area contributed by atoms with Crippen LogP contribution in [-0.2, 0) is 0 Å². The summed E-state index contributed by atoms with van der Waals surface area (Å²) in [7, 11) is 0. The van der Waals surface area contributed by atoms with E-state index in [-0.39, 0.29) is 17.7 Å². The number of carbonyl (C=O) groups is 1. The van der Waals surface area contributed by atoms with Gasteiger partial charge < -0.3 is 10.5 Å². The summed E-state index contributed by atoms with van der Waals surface area (Å²) in [5, 5.41) is 0. The fraction of sp³-hybridized carbons (Fsp3) is 0.500. The number of hydrogen-bond acceptors (Lipinski definition) is 3. The minimum Gasteiger partial charge on any atom is -0.494 e. The van der Waals surface area contributed by atoms with E-state index in [1.54, 1.807) is 0 Å². The number of nitrogens with two attached hydrogens (primary N) is 1. The highest BCUT2D eigenvalue weighted by molar-refractivity contribution is 5.98. The summed E-state index contributed by atoms with van der Waals surface area (Å²) < 4.78 is 5.40. The van der Waals surface area contributed by atoms with Crippen LogP contribution in [0.3, 0.4) is 0 Å². The summed E-state index contributed by atoms with van der Waals surface area (Å²) in [6.07, 6.45) is 2.93. The lowest BCUT2D eigenvalue weighted by Gasteiger charge is -2.14. The smallest absolute Gasteiger partial charge is 0.167 e. The second-order valence-electron chi connectivity index (χ2n) is 4.53. The number of ether oxygens (including phenoxy) is 1. The number of Topliss-reactive ketones (excluding diaryl/α,β-unsaturated/α-hetero) is 1. The Labute approximate surface area is 102 Å². The molecule has 0 bridgehead atoms. The average Bonchev–Trinajstić information content (AvgIpc) is 2.75. The van der Waals surface area contributed by atoms with Crippen LogP contribution in [0.25, 0.3) is 0 Å². The Morgan fingerprint density at radius 2 is 2.29 bits per heavy atom. The maximum Gasteiger partial charge on any atom is 0.167 e. The number of carbonyl (C=O) groups excluding carboxylic acids is 1. The Kier molecular flexibility index (Phi) is 3.79. The molecule has 92 valence electrons. The first-order chi connectivity index (χ1) is 8.22. The maximum atomic E-state index is 12.3. The molecule has 1 aliphatic rings. The molecule has 0 aromatic heterocycles. The molecule has 0 heterocycles. The molecular formula is C14H19NO2. The van der Waals surface area contributed by atoms with Crippen molar-refractivity contribution in [2.24, 2.45) is 11.7 Å². The van der Waals surface area contributed by atoms with Crippen LogP contribution in [0.5, 0.6) is 5.75 Å². The summed E-state index contributed by atoms with van der Waals surface area (Å²) >= 11 is 0. The van der Waals surface area contributed by atoms with Gasteiger partial charge in [0.25, 0.3) is 0 Å². The lowest BCUT2D eigenvalue weighted by molar-refractivity contribution is 0.0913. The molecule has 1 aromatic rings. The molecule has 0 spiro atoms. The van der Waals surface area contributed by atoms with Gasteiger partial charge in [0.05, 0.1) is 6.61 Å². The summed E-state index contributed by atoms with van der Waals surface area (Å²) in [5.74, 6) is 0.911. The quantitative estimate of drug-likeness (QED) is 0.812. The third-order valence-electron chi connectivity index (χ3n) is 3.34. The van der Waals surface area contributed by atoms with E-state index in [1.165, 1.54) is 0 Å². The highest BCUT2D eigenvalue weighted by Gasteiger charge is 2.30. The predicted molar refractivity (Wildman–Crippen MR) is 67.3 cm³/mol. The van der Waals surface area contributed by atoms with E-state index in [9.17, 15) is 4.79 Å². The number of benzene rings is 1. The lowest BCUT2D eigenvalue weighted by atomic mass is 9.93. The Morgan fingerprint density at radius 3 is 2.94 bits per heavy atom. The average molecular weight is 233 g/mol. The topological polar surface area (TPSA) is 52.3 Å². The van der Waals surface area contributed by atoms with E-state index in [4.69, 9.17) is 10.5 Å². The first kappa shape index (κ1) is 12.1. The van der Waals surface area contributed by atoms with Crippen LogP contribution >= 0.6 is 0 Å². The van der Waals surface area contributed by atoms with Crippen LogP contribution in [-0.4, -0.2) is 18.4 Å². The minimum absolute atomic E-state index is 0.00752. The van der Waals surface area contributed by atoms with Crippen molar-refractivity contribution >= 4 is 5.78 Å². The van der Waals surface area contributed by atoms with Gasteiger partial charge in [-0.2, -0.15) is 0 Å². The molecule has 0 saturated heterocycles. The van der Waals surface area contributed by atoms with Crippen molar-refractivity contribution in [1.29, 1.82) is 0 Å². The molecule has 2 N–H and O–H groups in total. The largest absolute Gasteiger partial charge is 0.494 e. The Balaban J connectivity index is 2.15. The van der Waals surface area contributed by atoms with Crippen LogP contribution in [0.15, 0.2) is 24.3 Å². The fourth-order valence-corrected chi connectivity index (χ4v) is 2.43. The molecule has 1 aliphatic carbocycles. The van der Waals surface area contributed by atoms with Gasteiger partial charge in [0.1, 0.15) is 5.75 Å². The van der Waals surface area contributed by atoms with Gasteiger partial charge in [-0.15, -0.1) is 0 Å². The molecule has 1 saturated carbocycles. The third kappa shape index (κ3) is 2.67. The van der Waals surface area contributed by atoms with Gasteiger partial charge in [0.2, 0.25) is 0 Å². The summed E-state index contributed by atoms with van der Waals surface area (Å²) in [6, 6.07) is 7.42. The molecule has 2 unspecified atom stereocenters. The van der Waals surface area contributed by atoms with Gasteiger partial charge in [-0.3, -0.25) is 4.79 Å². The van der Waals surface area contributed by atoms with Crippen LogP contribution in [0.1, 0.15) is 36.5 Å². The molecule has 3 nitrogen and oxygen atoms in total. The standard InChI is InChI=1S/C14H19NO2/c1-2-17-11-6-3-5-10(9-11)14(16)12-7-4-8-13(12)15/h3,5-6,9,12-13H,2,4,7-8,15H2,1H3. The molecule has 1 aromatic carbocycles. The Bertz CT molecular complexity index is 403. The van der Waals surface area contributed by atoms with E-state index in [0.717, 1.165) is 30.6 Å². The van der Waals surface area contributed by atoms with E-state index in [2.05, 4.69) is 0 Å². The monoisotopic (exact) mass is 233 g/mol. The minimum atomic E-state index is -0.00752. The second kappa shape index (κ2) is 5.32. The van der Waals surface area contributed by atoms with E-state index < -0.39 is 0 Å². The Hall–Kier alpha value is -1.35. The number of hydrogen-bond donors (Lipinski definition) is 1. The van der Waals surface area contributed by atoms with Crippen LogP contribution in [0.4, 0.5) is 0 Å². The molecule has 0 radical (unpaired) electrons. The number of ketones is 1.